The van der Waals surface area contributed by atoms with Gasteiger partial charge in [-0.1, -0.05) is 49.4 Å². The largest absolute Gasteiger partial charge is 0.299 e. The standard InChI is InChI=1S/C15H21N/c1-13(14-8-4-3-5-9-14)12-15-10-6-7-11-16(15)2/h3-9,13,15H,10-12H2,1-2H3/t13-,15+/m1/s1. The van der Waals surface area contributed by atoms with Crippen LogP contribution in [0.2, 0.25) is 0 Å². The van der Waals surface area contributed by atoms with E-state index in [4.69, 9.17) is 0 Å². The first-order chi connectivity index (χ1) is 7.77. The van der Waals surface area contributed by atoms with Gasteiger partial charge in [0.25, 0.3) is 0 Å². The molecule has 1 heterocycles. The number of likely N-dealkylation sites (N-methyl/N-ethyl adjacent to an activating group) is 1. The summed E-state index contributed by atoms with van der Waals surface area (Å²) in [6.45, 7) is 3.44. The maximum atomic E-state index is 2.46. The van der Waals surface area contributed by atoms with E-state index >= 15 is 0 Å². The van der Waals surface area contributed by atoms with Crippen molar-refractivity contribution >= 4 is 0 Å². The van der Waals surface area contributed by atoms with Gasteiger partial charge in [0, 0.05) is 12.6 Å². The zero-order valence-corrected chi connectivity index (χ0v) is 10.3. The molecule has 1 aliphatic heterocycles. The SMILES string of the molecule is C[C@H](C[C@@H]1CC=CCN1C)c1ccccc1. The van der Waals surface area contributed by atoms with Crippen molar-refractivity contribution in [3.05, 3.63) is 48.0 Å². The maximum absolute atomic E-state index is 2.46. The smallest absolute Gasteiger partial charge is 0.0163 e. The molecular formula is C15H21N. The lowest BCUT2D eigenvalue weighted by atomic mass is 9.91. The Hall–Kier alpha value is -1.08. The highest BCUT2D eigenvalue weighted by Gasteiger charge is 2.18. The van der Waals surface area contributed by atoms with Gasteiger partial charge in [-0.25, -0.2) is 0 Å². The molecule has 0 fully saturated rings. The summed E-state index contributed by atoms with van der Waals surface area (Å²) in [4.78, 5) is 2.46. The highest BCUT2D eigenvalue weighted by atomic mass is 15.1. The van der Waals surface area contributed by atoms with Crippen molar-refractivity contribution in [1.29, 1.82) is 0 Å². The molecule has 0 radical (unpaired) electrons. The van der Waals surface area contributed by atoms with Crippen LogP contribution in [0.15, 0.2) is 42.5 Å². The molecule has 0 N–H and O–H groups in total. The first-order valence-electron chi connectivity index (χ1n) is 6.17. The Labute approximate surface area is 98.8 Å². The second kappa shape index (κ2) is 5.31. The van der Waals surface area contributed by atoms with Gasteiger partial charge in [-0.3, -0.25) is 4.90 Å². The fraction of sp³-hybridized carbons (Fsp3) is 0.467. The third kappa shape index (κ3) is 2.73. The Morgan fingerprint density at radius 1 is 1.25 bits per heavy atom. The third-order valence-electron chi connectivity index (χ3n) is 3.59. The first kappa shape index (κ1) is 11.4. The number of hydrogen-bond acceptors (Lipinski definition) is 1. The van der Waals surface area contributed by atoms with Gasteiger partial charge in [0.2, 0.25) is 0 Å². The molecule has 1 aromatic carbocycles. The Morgan fingerprint density at radius 3 is 2.69 bits per heavy atom. The zero-order chi connectivity index (χ0) is 11.4. The van der Waals surface area contributed by atoms with Crippen LogP contribution in [0.3, 0.4) is 0 Å². The topological polar surface area (TPSA) is 3.24 Å². The predicted molar refractivity (Wildman–Crippen MR) is 69.6 cm³/mol. The van der Waals surface area contributed by atoms with E-state index < -0.39 is 0 Å². The highest BCUT2D eigenvalue weighted by molar-refractivity contribution is 5.19. The molecule has 86 valence electrons. The van der Waals surface area contributed by atoms with Crippen LogP contribution in [-0.2, 0) is 0 Å². The van der Waals surface area contributed by atoms with Crippen molar-refractivity contribution < 1.29 is 0 Å². The molecule has 1 nitrogen and oxygen atoms in total. The van der Waals surface area contributed by atoms with Gasteiger partial charge in [-0.15, -0.1) is 0 Å². The van der Waals surface area contributed by atoms with Crippen LogP contribution in [-0.4, -0.2) is 24.5 Å². The molecule has 1 aliphatic rings. The van der Waals surface area contributed by atoms with Crippen LogP contribution in [0, 0.1) is 0 Å². The molecule has 1 aromatic rings. The fourth-order valence-corrected chi connectivity index (χ4v) is 2.43. The fourth-order valence-electron chi connectivity index (χ4n) is 2.43. The summed E-state index contributed by atoms with van der Waals surface area (Å²) in [5, 5.41) is 0. The summed E-state index contributed by atoms with van der Waals surface area (Å²) in [5.41, 5.74) is 1.46. The number of nitrogens with zero attached hydrogens (tertiary/aromatic N) is 1. The van der Waals surface area contributed by atoms with Crippen molar-refractivity contribution in [3.8, 4) is 0 Å². The minimum absolute atomic E-state index is 0.653. The van der Waals surface area contributed by atoms with Crippen molar-refractivity contribution in [3.63, 3.8) is 0 Å². The van der Waals surface area contributed by atoms with Gasteiger partial charge >= 0.3 is 0 Å². The van der Waals surface area contributed by atoms with E-state index in [2.05, 4.69) is 61.4 Å². The summed E-state index contributed by atoms with van der Waals surface area (Å²) in [5.74, 6) is 0.653. The lowest BCUT2D eigenvalue weighted by Gasteiger charge is -2.31. The molecule has 2 rings (SSSR count). The van der Waals surface area contributed by atoms with Crippen molar-refractivity contribution in [2.75, 3.05) is 13.6 Å². The molecule has 0 unspecified atom stereocenters. The second-order valence-electron chi connectivity index (χ2n) is 4.85. The lowest BCUT2D eigenvalue weighted by molar-refractivity contribution is 0.234. The zero-order valence-electron chi connectivity index (χ0n) is 10.3. The third-order valence-corrected chi connectivity index (χ3v) is 3.59. The van der Waals surface area contributed by atoms with Crippen LogP contribution in [0.25, 0.3) is 0 Å². The van der Waals surface area contributed by atoms with E-state index in [0.717, 1.165) is 6.54 Å². The van der Waals surface area contributed by atoms with Gasteiger partial charge in [0.15, 0.2) is 0 Å². The average Bonchev–Trinajstić information content (AvgIpc) is 2.33. The summed E-state index contributed by atoms with van der Waals surface area (Å²) in [6.07, 6.45) is 7.05. The van der Waals surface area contributed by atoms with E-state index in [1.807, 2.05) is 0 Å². The van der Waals surface area contributed by atoms with Crippen LogP contribution in [0.1, 0.15) is 31.2 Å². The van der Waals surface area contributed by atoms with Crippen LogP contribution < -0.4 is 0 Å². The van der Waals surface area contributed by atoms with Gasteiger partial charge < -0.3 is 0 Å². The normalized spacial score (nSPS) is 23.2. The van der Waals surface area contributed by atoms with Gasteiger partial charge in [0.05, 0.1) is 0 Å². The molecule has 0 amide bonds. The number of benzene rings is 1. The Balaban J connectivity index is 1.97. The number of rotatable bonds is 3. The van der Waals surface area contributed by atoms with E-state index in [9.17, 15) is 0 Å². The quantitative estimate of drug-likeness (QED) is 0.698. The monoisotopic (exact) mass is 215 g/mol. The van der Waals surface area contributed by atoms with Crippen LogP contribution in [0.5, 0.6) is 0 Å². The molecule has 0 spiro atoms. The molecule has 0 saturated heterocycles. The summed E-state index contributed by atoms with van der Waals surface area (Å²) in [6, 6.07) is 11.5. The molecule has 0 aliphatic carbocycles. The summed E-state index contributed by atoms with van der Waals surface area (Å²) < 4.78 is 0. The molecule has 2 atom stereocenters. The molecular weight excluding hydrogens is 194 g/mol. The van der Waals surface area contributed by atoms with Gasteiger partial charge in [-0.05, 0) is 31.4 Å². The van der Waals surface area contributed by atoms with Crippen LogP contribution in [0.4, 0.5) is 0 Å². The van der Waals surface area contributed by atoms with E-state index in [0.29, 0.717) is 12.0 Å². The van der Waals surface area contributed by atoms with Crippen LogP contribution >= 0.6 is 0 Å². The minimum Gasteiger partial charge on any atom is -0.299 e. The van der Waals surface area contributed by atoms with Crippen molar-refractivity contribution in [2.24, 2.45) is 0 Å². The average molecular weight is 215 g/mol. The summed E-state index contributed by atoms with van der Waals surface area (Å²) >= 11 is 0. The van der Waals surface area contributed by atoms with Crippen molar-refractivity contribution in [2.45, 2.75) is 31.7 Å². The van der Waals surface area contributed by atoms with E-state index in [-0.39, 0.29) is 0 Å². The minimum atomic E-state index is 0.653. The Morgan fingerprint density at radius 2 is 2.00 bits per heavy atom. The van der Waals surface area contributed by atoms with Gasteiger partial charge in [-0.2, -0.15) is 0 Å². The van der Waals surface area contributed by atoms with E-state index in [1.54, 1.807) is 0 Å². The van der Waals surface area contributed by atoms with E-state index in [1.165, 1.54) is 18.4 Å². The Bertz CT molecular complexity index is 342. The molecule has 1 heteroatoms. The molecule has 16 heavy (non-hydrogen) atoms. The molecule has 0 bridgehead atoms. The predicted octanol–water partition coefficient (Wildman–Crippen LogP) is 3.44. The maximum Gasteiger partial charge on any atom is 0.0163 e. The first-order valence-corrected chi connectivity index (χ1v) is 6.17. The molecule has 0 saturated carbocycles. The van der Waals surface area contributed by atoms with Crippen molar-refractivity contribution in [1.82, 2.24) is 4.90 Å². The lowest BCUT2D eigenvalue weighted by Crippen LogP contribution is -2.34. The Kier molecular flexibility index (Phi) is 3.79. The second-order valence-corrected chi connectivity index (χ2v) is 4.85. The summed E-state index contributed by atoms with van der Waals surface area (Å²) in [7, 11) is 2.23. The number of hydrogen-bond donors (Lipinski definition) is 0. The van der Waals surface area contributed by atoms with Gasteiger partial charge in [0.1, 0.15) is 0 Å². The molecule has 0 aromatic heterocycles. The highest BCUT2D eigenvalue weighted by Crippen LogP contribution is 2.25.